The second-order valence-electron chi connectivity index (χ2n) is 8.72. The lowest BCUT2D eigenvalue weighted by Crippen LogP contribution is -2.33. The minimum Gasteiger partial charge on any atom is -0.465 e. The average Bonchev–Trinajstić information content (AvgIpc) is 3.56. The summed E-state index contributed by atoms with van der Waals surface area (Å²) in [4.78, 5) is 37.7. The monoisotopic (exact) mass is 539 g/mol. The lowest BCUT2D eigenvalue weighted by molar-refractivity contribution is -0.113. The van der Waals surface area contributed by atoms with Gasteiger partial charge in [0.15, 0.2) is 22.5 Å². The molecule has 1 aliphatic heterocycles. The van der Waals surface area contributed by atoms with Gasteiger partial charge < -0.3 is 29.4 Å². The van der Waals surface area contributed by atoms with E-state index in [9.17, 15) is 14.4 Å². The van der Waals surface area contributed by atoms with Crippen LogP contribution in [0.15, 0.2) is 47.6 Å². The molecule has 2 amide bonds. The molecule has 0 radical (unpaired) electrons. The summed E-state index contributed by atoms with van der Waals surface area (Å²) in [6, 6.07) is 11.3. The van der Waals surface area contributed by atoms with Crippen molar-refractivity contribution in [3.8, 4) is 11.5 Å². The van der Waals surface area contributed by atoms with Crippen LogP contribution in [0.3, 0.4) is 0 Å². The maximum absolute atomic E-state index is 13.1. The molecule has 3 aromatic rings. The summed E-state index contributed by atoms with van der Waals surface area (Å²) in [5.74, 6) is 0.665. The molecule has 12 heteroatoms. The summed E-state index contributed by atoms with van der Waals surface area (Å²) in [7, 11) is 1.29. The Morgan fingerprint density at radius 3 is 2.61 bits per heavy atom. The summed E-state index contributed by atoms with van der Waals surface area (Å²) >= 11 is 1.22. The maximum Gasteiger partial charge on any atom is 0.339 e. The number of rotatable bonds is 10. The minimum absolute atomic E-state index is 0.0124. The maximum atomic E-state index is 13.1. The van der Waals surface area contributed by atoms with Gasteiger partial charge in [0.1, 0.15) is 0 Å². The molecular weight excluding hydrogens is 510 g/mol. The summed E-state index contributed by atoms with van der Waals surface area (Å²) in [6.45, 7) is 6.59. The van der Waals surface area contributed by atoms with Gasteiger partial charge in [-0.3, -0.25) is 9.59 Å². The predicted molar refractivity (Wildman–Crippen MR) is 140 cm³/mol. The van der Waals surface area contributed by atoms with Gasteiger partial charge in [-0.15, -0.1) is 10.2 Å². The molecule has 200 valence electrons. The normalized spacial score (nSPS) is 12.8. The van der Waals surface area contributed by atoms with Gasteiger partial charge in [0.25, 0.3) is 5.91 Å². The number of hydrogen-bond acceptors (Lipinski definition) is 9. The highest BCUT2D eigenvalue weighted by molar-refractivity contribution is 7.99. The van der Waals surface area contributed by atoms with Crippen LogP contribution in [0.5, 0.6) is 11.5 Å². The molecular formula is C26H29N5O6S. The van der Waals surface area contributed by atoms with Gasteiger partial charge in [-0.1, -0.05) is 37.7 Å². The largest absolute Gasteiger partial charge is 0.465 e. The van der Waals surface area contributed by atoms with Crippen molar-refractivity contribution in [3.63, 3.8) is 0 Å². The van der Waals surface area contributed by atoms with Crippen LogP contribution in [0, 0.1) is 5.92 Å². The van der Waals surface area contributed by atoms with Gasteiger partial charge in [-0.05, 0) is 43.2 Å². The SMILES string of the molecule is CCn1c(SCC(=O)Nc2ccccc2C(=O)OC)nnc1C(NC(=O)c1ccc2c(c1)OCO2)C(C)C. The highest BCUT2D eigenvalue weighted by atomic mass is 32.2. The molecule has 2 N–H and O–H groups in total. The Morgan fingerprint density at radius 1 is 1.11 bits per heavy atom. The molecule has 11 nitrogen and oxygen atoms in total. The summed E-state index contributed by atoms with van der Waals surface area (Å²) in [5, 5.41) is 15.0. The fourth-order valence-electron chi connectivity index (χ4n) is 3.92. The Morgan fingerprint density at radius 2 is 1.87 bits per heavy atom. The van der Waals surface area contributed by atoms with Crippen molar-refractivity contribution in [1.82, 2.24) is 20.1 Å². The molecule has 0 aliphatic carbocycles. The van der Waals surface area contributed by atoms with E-state index in [4.69, 9.17) is 14.2 Å². The third-order valence-electron chi connectivity index (χ3n) is 5.87. The molecule has 4 rings (SSSR count). The van der Waals surface area contributed by atoms with E-state index in [0.717, 1.165) is 0 Å². The number of anilines is 1. The smallest absolute Gasteiger partial charge is 0.339 e. The van der Waals surface area contributed by atoms with E-state index in [1.54, 1.807) is 42.5 Å². The van der Waals surface area contributed by atoms with E-state index in [-0.39, 0.29) is 35.8 Å². The first kappa shape index (κ1) is 27.0. The van der Waals surface area contributed by atoms with Crippen LogP contribution < -0.4 is 20.1 Å². The molecule has 0 saturated carbocycles. The number of carbonyl (C=O) groups excluding carboxylic acids is 3. The van der Waals surface area contributed by atoms with E-state index in [1.807, 2.05) is 25.3 Å². The molecule has 1 aliphatic rings. The first-order chi connectivity index (χ1) is 18.3. The van der Waals surface area contributed by atoms with Crippen LogP contribution in [0.2, 0.25) is 0 Å². The third kappa shape index (κ3) is 5.91. The van der Waals surface area contributed by atoms with Gasteiger partial charge in [0.2, 0.25) is 12.7 Å². The Kier molecular flexibility index (Phi) is 8.52. The molecule has 1 atom stereocenters. The van der Waals surface area contributed by atoms with E-state index >= 15 is 0 Å². The van der Waals surface area contributed by atoms with Crippen LogP contribution in [-0.4, -0.2) is 52.2 Å². The van der Waals surface area contributed by atoms with Crippen molar-refractivity contribution in [1.29, 1.82) is 0 Å². The number of methoxy groups -OCH3 is 1. The second kappa shape index (κ2) is 12.0. The molecule has 0 bridgehead atoms. The Bertz CT molecular complexity index is 1340. The van der Waals surface area contributed by atoms with Crippen LogP contribution in [0.25, 0.3) is 0 Å². The number of benzene rings is 2. The molecule has 2 heterocycles. The van der Waals surface area contributed by atoms with Crippen LogP contribution >= 0.6 is 11.8 Å². The van der Waals surface area contributed by atoms with Crippen LogP contribution in [-0.2, 0) is 16.1 Å². The van der Waals surface area contributed by atoms with Gasteiger partial charge in [-0.25, -0.2) is 4.79 Å². The second-order valence-corrected chi connectivity index (χ2v) is 9.66. The molecule has 2 aromatic carbocycles. The van der Waals surface area contributed by atoms with E-state index in [1.165, 1.54) is 18.9 Å². The summed E-state index contributed by atoms with van der Waals surface area (Å²) in [5.41, 5.74) is 1.08. The van der Waals surface area contributed by atoms with Gasteiger partial charge in [0.05, 0.1) is 30.2 Å². The first-order valence-corrected chi connectivity index (χ1v) is 13.0. The van der Waals surface area contributed by atoms with E-state index in [2.05, 4.69) is 20.8 Å². The number of nitrogens with zero attached hydrogens (tertiary/aromatic N) is 3. The van der Waals surface area contributed by atoms with Crippen molar-refractivity contribution in [2.75, 3.05) is 25.0 Å². The number of carbonyl (C=O) groups is 3. The van der Waals surface area contributed by atoms with Gasteiger partial charge >= 0.3 is 5.97 Å². The molecule has 1 unspecified atom stereocenters. The number of ether oxygens (including phenoxy) is 3. The standard InChI is InChI=1S/C26H29N5O6S/c1-5-31-23(22(15(2)3)28-24(33)16-10-11-19-20(12-16)37-14-36-19)29-30-26(31)38-13-21(32)27-18-9-7-6-8-17(18)25(34)35-4/h6-12,15,22H,5,13-14H2,1-4H3,(H,27,32)(H,28,33). The zero-order valence-electron chi connectivity index (χ0n) is 21.5. The molecule has 0 saturated heterocycles. The number of para-hydroxylation sites is 1. The van der Waals surface area contributed by atoms with Crippen molar-refractivity contribution >= 4 is 35.2 Å². The quantitative estimate of drug-likeness (QED) is 0.292. The zero-order chi connectivity index (χ0) is 27.2. The molecule has 0 fully saturated rings. The van der Waals surface area contributed by atoms with Gasteiger partial charge in [-0.2, -0.15) is 0 Å². The van der Waals surface area contributed by atoms with Crippen LogP contribution in [0.1, 0.15) is 53.4 Å². The number of aromatic nitrogens is 3. The van der Waals surface area contributed by atoms with Crippen molar-refractivity contribution in [2.45, 2.75) is 38.5 Å². The third-order valence-corrected chi connectivity index (χ3v) is 6.83. The number of amides is 2. The van der Waals surface area contributed by atoms with Crippen LogP contribution in [0.4, 0.5) is 5.69 Å². The average molecular weight is 540 g/mol. The number of fused-ring (bicyclic) bond motifs is 1. The fourth-order valence-corrected chi connectivity index (χ4v) is 4.73. The number of hydrogen-bond donors (Lipinski definition) is 2. The Balaban J connectivity index is 1.45. The molecule has 1 aromatic heterocycles. The minimum atomic E-state index is -0.536. The number of nitrogens with one attached hydrogen (secondary N) is 2. The topological polar surface area (TPSA) is 134 Å². The van der Waals surface area contributed by atoms with E-state index in [0.29, 0.717) is 40.3 Å². The number of esters is 1. The lowest BCUT2D eigenvalue weighted by Gasteiger charge is -2.22. The lowest BCUT2D eigenvalue weighted by atomic mass is 10.0. The Hall–Kier alpha value is -4.06. The van der Waals surface area contributed by atoms with Crippen molar-refractivity contribution < 1.29 is 28.6 Å². The summed E-state index contributed by atoms with van der Waals surface area (Å²) < 4.78 is 17.4. The predicted octanol–water partition coefficient (Wildman–Crippen LogP) is 3.67. The van der Waals surface area contributed by atoms with E-state index < -0.39 is 12.0 Å². The molecule has 0 spiro atoms. The fraction of sp³-hybridized carbons (Fsp3) is 0.346. The highest BCUT2D eigenvalue weighted by Crippen LogP contribution is 2.33. The molecule has 38 heavy (non-hydrogen) atoms. The first-order valence-electron chi connectivity index (χ1n) is 12.1. The Labute approximate surface area is 224 Å². The van der Waals surface area contributed by atoms with Crippen molar-refractivity contribution in [3.05, 3.63) is 59.4 Å². The summed E-state index contributed by atoms with van der Waals surface area (Å²) in [6.07, 6.45) is 0. The number of thioether (sulfide) groups is 1. The highest BCUT2D eigenvalue weighted by Gasteiger charge is 2.27. The van der Waals surface area contributed by atoms with Gasteiger partial charge in [0, 0.05) is 12.1 Å². The van der Waals surface area contributed by atoms with Crippen molar-refractivity contribution in [2.24, 2.45) is 5.92 Å². The zero-order valence-corrected chi connectivity index (χ0v) is 22.3.